The molecule has 0 spiro atoms. The van der Waals surface area contributed by atoms with Gasteiger partial charge in [-0.25, -0.2) is 17.5 Å². The third-order valence-corrected chi connectivity index (χ3v) is 5.57. The van der Waals surface area contributed by atoms with Crippen LogP contribution in [0.4, 0.5) is 61.5 Å². The van der Waals surface area contributed by atoms with Crippen molar-refractivity contribution < 1.29 is 88.5 Å². The Morgan fingerprint density at radius 2 is 1.31 bits per heavy atom. The number of nitrogens with one attached hydrogen (secondary N) is 1. The number of nitrogens with zero attached hydrogens (tertiary/aromatic N) is 2. The van der Waals surface area contributed by atoms with Gasteiger partial charge in [0.15, 0.2) is 6.80 Å². The fourth-order valence-electron chi connectivity index (χ4n) is 2.65. The second-order valence-electron chi connectivity index (χ2n) is 8.45. The average molecular weight is 633 g/mol. The van der Waals surface area contributed by atoms with Crippen molar-refractivity contribution in [1.29, 1.82) is 0 Å². The molecular formula is C16H21F14N3O5S. The number of rotatable bonds is 10. The first kappa shape index (κ1) is 37.3. The Bertz CT molecular complexity index is 917. The highest BCUT2D eigenvalue weighted by Gasteiger charge is 2.82. The highest BCUT2D eigenvalue weighted by molar-refractivity contribution is 7.85. The van der Waals surface area contributed by atoms with Crippen molar-refractivity contribution in [3.63, 3.8) is 0 Å². The molecule has 1 heterocycles. The lowest BCUT2D eigenvalue weighted by molar-refractivity contribution is -0.890. The van der Waals surface area contributed by atoms with Gasteiger partial charge in [-0.1, -0.05) is 0 Å². The van der Waals surface area contributed by atoms with Gasteiger partial charge < -0.3 is 14.4 Å². The molecule has 1 amide bonds. The van der Waals surface area contributed by atoms with Crippen molar-refractivity contribution in [1.82, 2.24) is 10.2 Å². The molecule has 1 aliphatic rings. The monoisotopic (exact) mass is 633 g/mol. The molecule has 23 heteroatoms. The Morgan fingerprint density at radius 3 is 1.67 bits per heavy atom. The summed E-state index contributed by atoms with van der Waals surface area (Å²) in [6, 6.07) is -11.8. The standard InChI is InChI=1S/C11H19F5N2O4S.C5H2F9NO/c1-18(2,7-4-8-23(20,21)22)6-3-5-17-9(19)10(12,13)11(14,15)16;6-1-15-2(7,8)4(11,12)16-5(13,14)3(15,9)10/h3-8H2,1-2H3,(H-,17,19,20,21,22);1H2. The summed E-state index contributed by atoms with van der Waals surface area (Å²) in [5.74, 6) is -8.39. The van der Waals surface area contributed by atoms with Gasteiger partial charge in [0.1, 0.15) is 0 Å². The van der Waals surface area contributed by atoms with Gasteiger partial charge in [0.2, 0.25) is 0 Å². The molecule has 0 aromatic heterocycles. The third-order valence-electron chi connectivity index (χ3n) is 4.78. The summed E-state index contributed by atoms with van der Waals surface area (Å²) in [6.07, 6.45) is -17.6. The number of halogens is 14. The Kier molecular flexibility index (Phi) is 11.5. The first-order valence-corrected chi connectivity index (χ1v) is 11.6. The molecule has 0 unspecified atom stereocenters. The van der Waals surface area contributed by atoms with Crippen LogP contribution in [0.3, 0.4) is 0 Å². The lowest BCUT2D eigenvalue weighted by atomic mass is 10.2. The Balaban J connectivity index is 0.000000787. The number of hydrogen-bond acceptors (Lipinski definition) is 6. The van der Waals surface area contributed by atoms with E-state index in [-0.39, 0.29) is 30.4 Å². The molecule has 39 heavy (non-hydrogen) atoms. The van der Waals surface area contributed by atoms with Crippen LogP contribution in [0.2, 0.25) is 0 Å². The predicted octanol–water partition coefficient (Wildman–Crippen LogP) is 3.32. The second-order valence-corrected chi connectivity index (χ2v) is 9.97. The summed E-state index contributed by atoms with van der Waals surface area (Å²) >= 11 is 0. The van der Waals surface area contributed by atoms with Crippen LogP contribution in [0.5, 0.6) is 0 Å². The maximum atomic E-state index is 12.6. The van der Waals surface area contributed by atoms with E-state index in [4.69, 9.17) is 0 Å². The van der Waals surface area contributed by atoms with E-state index in [1.54, 1.807) is 14.1 Å². The molecule has 0 aromatic carbocycles. The first-order valence-electron chi connectivity index (χ1n) is 10.0. The lowest BCUT2D eigenvalue weighted by Gasteiger charge is -2.45. The molecule has 1 aliphatic heterocycles. The molecule has 1 rings (SSSR count). The van der Waals surface area contributed by atoms with Gasteiger partial charge in [-0.05, 0) is 0 Å². The molecule has 0 radical (unpaired) electrons. The van der Waals surface area contributed by atoms with Crippen LogP contribution in [-0.2, 0) is 19.6 Å². The largest absolute Gasteiger partial charge is 0.748 e. The van der Waals surface area contributed by atoms with Gasteiger partial charge >= 0.3 is 36.4 Å². The highest BCUT2D eigenvalue weighted by atomic mass is 32.2. The molecule has 0 aromatic rings. The number of carbonyl (C=O) groups is 1. The zero-order valence-corrected chi connectivity index (χ0v) is 20.4. The quantitative estimate of drug-likeness (QED) is 0.130. The van der Waals surface area contributed by atoms with Gasteiger partial charge in [-0.15, -0.1) is 4.90 Å². The summed E-state index contributed by atoms with van der Waals surface area (Å²) in [5.41, 5.74) is 0. The van der Waals surface area contributed by atoms with Crippen molar-refractivity contribution in [2.45, 2.75) is 49.3 Å². The van der Waals surface area contributed by atoms with E-state index in [0.717, 1.165) is 0 Å². The van der Waals surface area contributed by atoms with Crippen LogP contribution < -0.4 is 5.32 Å². The number of carbonyl (C=O) groups excluding carboxylic acids is 1. The second kappa shape index (κ2) is 12.0. The van der Waals surface area contributed by atoms with Crippen LogP contribution in [0.1, 0.15) is 12.8 Å². The molecule has 234 valence electrons. The van der Waals surface area contributed by atoms with E-state index in [1.807, 2.05) is 4.74 Å². The number of morpholine rings is 1. The molecule has 0 saturated carbocycles. The fourth-order valence-corrected chi connectivity index (χ4v) is 3.14. The number of ether oxygens (including phenoxy) is 1. The third kappa shape index (κ3) is 9.42. The Morgan fingerprint density at radius 1 is 0.897 bits per heavy atom. The van der Waals surface area contributed by atoms with E-state index in [1.165, 1.54) is 5.32 Å². The smallest absolute Gasteiger partial charge is 0.463 e. The minimum absolute atomic E-state index is 0.0946. The molecule has 8 nitrogen and oxygen atoms in total. The van der Waals surface area contributed by atoms with Crippen LogP contribution in [0, 0.1) is 0 Å². The zero-order chi connectivity index (χ0) is 31.5. The van der Waals surface area contributed by atoms with Crippen molar-refractivity contribution in [2.75, 3.05) is 46.3 Å². The summed E-state index contributed by atoms with van der Waals surface area (Å²) < 4.78 is 205. The number of amides is 1. The topological polar surface area (TPSA) is 98.8 Å². The lowest BCUT2D eigenvalue weighted by Crippen LogP contribution is -2.73. The molecule has 0 atom stereocenters. The number of hydrogen-bond donors (Lipinski definition) is 1. The summed E-state index contributed by atoms with van der Waals surface area (Å²) in [6.45, 7) is -2.70. The predicted molar refractivity (Wildman–Crippen MR) is 98.3 cm³/mol. The van der Waals surface area contributed by atoms with E-state index in [2.05, 4.69) is 0 Å². The minimum atomic E-state index is -5.95. The highest BCUT2D eigenvalue weighted by Crippen LogP contribution is 2.55. The van der Waals surface area contributed by atoms with E-state index in [9.17, 15) is 79.2 Å². The van der Waals surface area contributed by atoms with Crippen LogP contribution >= 0.6 is 0 Å². The zero-order valence-electron chi connectivity index (χ0n) is 19.6. The normalized spacial score (nSPS) is 21.1. The van der Waals surface area contributed by atoms with Crippen molar-refractivity contribution in [3.8, 4) is 0 Å². The molecule has 1 saturated heterocycles. The summed E-state index contributed by atoms with van der Waals surface area (Å²) in [5, 5.41) is 1.52. The number of alkyl halides is 14. The van der Waals surface area contributed by atoms with Gasteiger partial charge in [0.25, 0.3) is 5.91 Å². The van der Waals surface area contributed by atoms with Gasteiger partial charge in [-0.2, -0.15) is 57.1 Å². The van der Waals surface area contributed by atoms with E-state index >= 15 is 0 Å². The van der Waals surface area contributed by atoms with Crippen LogP contribution in [0.15, 0.2) is 0 Å². The van der Waals surface area contributed by atoms with E-state index in [0.29, 0.717) is 6.54 Å². The molecule has 0 bridgehead atoms. The van der Waals surface area contributed by atoms with Gasteiger partial charge in [0.05, 0.1) is 37.3 Å². The first-order chi connectivity index (χ1) is 17.0. The Hall–Kier alpha value is -1.72. The van der Waals surface area contributed by atoms with Crippen molar-refractivity contribution >= 4 is 16.0 Å². The average Bonchev–Trinajstić information content (AvgIpc) is 2.67. The SMILES string of the molecule is C[N+](C)(CCCNC(=O)C(F)(F)C(F)(F)F)CCCS(=O)(=O)[O-].FCN1C(F)(F)C(F)(F)OC(F)(F)C1(F)F. The molecular weight excluding hydrogens is 612 g/mol. The van der Waals surface area contributed by atoms with Crippen molar-refractivity contribution in [2.24, 2.45) is 0 Å². The maximum Gasteiger partial charge on any atom is 0.463 e. The molecule has 0 aliphatic carbocycles. The van der Waals surface area contributed by atoms with Crippen LogP contribution in [0.25, 0.3) is 0 Å². The van der Waals surface area contributed by atoms with Crippen molar-refractivity contribution in [3.05, 3.63) is 0 Å². The summed E-state index contributed by atoms with van der Waals surface area (Å²) in [4.78, 5) is 8.57. The summed E-state index contributed by atoms with van der Waals surface area (Å²) in [7, 11) is -0.980. The van der Waals surface area contributed by atoms with E-state index < -0.39 is 69.9 Å². The maximum absolute atomic E-state index is 12.6. The van der Waals surface area contributed by atoms with Gasteiger partial charge in [0, 0.05) is 25.1 Å². The molecule has 1 fully saturated rings. The fraction of sp³-hybridized carbons (Fsp3) is 0.938. The minimum Gasteiger partial charge on any atom is -0.748 e. The molecule has 1 N–H and O–H groups in total. The Labute approximate surface area is 211 Å². The van der Waals surface area contributed by atoms with Gasteiger partial charge in [-0.3, -0.25) is 4.79 Å². The van der Waals surface area contributed by atoms with Crippen LogP contribution in [-0.4, -0.2) is 111 Å². The number of quaternary nitrogens is 1.